The van der Waals surface area contributed by atoms with Crippen LogP contribution in [0.2, 0.25) is 0 Å². The van der Waals surface area contributed by atoms with Gasteiger partial charge in [0.05, 0.1) is 23.0 Å². The molecule has 2 amide bonds. The van der Waals surface area contributed by atoms with Gasteiger partial charge in [0, 0.05) is 6.20 Å². The molecule has 0 saturated heterocycles. The number of carbonyl (C=O) groups excluding carboxylic acids is 2. The van der Waals surface area contributed by atoms with Crippen LogP contribution in [0.3, 0.4) is 0 Å². The maximum atomic E-state index is 12.6. The number of nitrogens with one attached hydrogen (secondary N) is 2. The van der Waals surface area contributed by atoms with Crippen LogP contribution in [0.25, 0.3) is 5.82 Å². The lowest BCUT2D eigenvalue weighted by Crippen LogP contribution is -2.42. The van der Waals surface area contributed by atoms with Crippen molar-refractivity contribution in [3.05, 3.63) is 71.7 Å². The van der Waals surface area contributed by atoms with Crippen molar-refractivity contribution < 1.29 is 14.7 Å². The normalized spacial score (nSPS) is 10.6. The van der Waals surface area contributed by atoms with Gasteiger partial charge >= 0.3 is 0 Å². The average Bonchev–Trinajstić information content (AvgIpc) is 3.12. The van der Waals surface area contributed by atoms with Crippen molar-refractivity contribution in [3.63, 3.8) is 0 Å². The third kappa shape index (κ3) is 3.79. The fourth-order valence-corrected chi connectivity index (χ4v) is 2.66. The van der Waals surface area contributed by atoms with Crippen LogP contribution in [0, 0.1) is 0 Å². The van der Waals surface area contributed by atoms with Crippen molar-refractivity contribution >= 4 is 11.8 Å². The number of phenols is 1. The fourth-order valence-electron chi connectivity index (χ4n) is 2.66. The Morgan fingerprint density at radius 1 is 1.00 bits per heavy atom. The number of aromatic hydroxyl groups is 1. The van der Waals surface area contributed by atoms with E-state index in [1.807, 2.05) is 19.9 Å². The first kappa shape index (κ1) is 18.1. The van der Waals surface area contributed by atoms with Crippen molar-refractivity contribution in [3.8, 4) is 11.6 Å². The number of nitrogens with zero attached hydrogens (tertiary/aromatic N) is 3. The van der Waals surface area contributed by atoms with Gasteiger partial charge in [0.25, 0.3) is 11.8 Å². The molecule has 0 fully saturated rings. The molecule has 0 radical (unpaired) electrons. The summed E-state index contributed by atoms with van der Waals surface area (Å²) < 4.78 is 1.60. The highest BCUT2D eigenvalue weighted by Crippen LogP contribution is 2.22. The van der Waals surface area contributed by atoms with Gasteiger partial charge in [0.15, 0.2) is 5.82 Å². The maximum absolute atomic E-state index is 12.6. The van der Waals surface area contributed by atoms with Gasteiger partial charge in [-0.1, -0.05) is 32.0 Å². The summed E-state index contributed by atoms with van der Waals surface area (Å²) >= 11 is 0. The Labute approximate surface area is 155 Å². The lowest BCUT2D eigenvalue weighted by Gasteiger charge is -2.13. The molecule has 3 rings (SSSR count). The van der Waals surface area contributed by atoms with Crippen LogP contribution < -0.4 is 10.9 Å². The number of hydrogen-bond acceptors (Lipinski definition) is 5. The highest BCUT2D eigenvalue weighted by molar-refractivity contribution is 6.00. The first-order chi connectivity index (χ1) is 13.0. The molecular weight excluding hydrogens is 346 g/mol. The summed E-state index contributed by atoms with van der Waals surface area (Å²) in [7, 11) is 0. The number of aromatic nitrogens is 3. The summed E-state index contributed by atoms with van der Waals surface area (Å²) in [6, 6.07) is 11.5. The van der Waals surface area contributed by atoms with Crippen LogP contribution in [0.5, 0.6) is 5.75 Å². The minimum Gasteiger partial charge on any atom is -0.507 e. The quantitative estimate of drug-likeness (QED) is 0.614. The zero-order chi connectivity index (χ0) is 19.4. The highest BCUT2D eigenvalue weighted by Gasteiger charge is 2.22. The molecule has 138 valence electrons. The number of pyridine rings is 1. The van der Waals surface area contributed by atoms with Crippen LogP contribution in [-0.4, -0.2) is 31.7 Å². The Morgan fingerprint density at radius 3 is 2.30 bits per heavy atom. The summed E-state index contributed by atoms with van der Waals surface area (Å²) in [4.78, 5) is 29.0. The van der Waals surface area contributed by atoms with E-state index in [1.54, 1.807) is 35.1 Å². The van der Waals surface area contributed by atoms with Gasteiger partial charge in [-0.15, -0.1) is 0 Å². The first-order valence-corrected chi connectivity index (χ1v) is 8.37. The van der Waals surface area contributed by atoms with Gasteiger partial charge in [0.1, 0.15) is 5.75 Å². The van der Waals surface area contributed by atoms with Crippen LogP contribution in [-0.2, 0) is 0 Å². The Bertz CT molecular complexity index is 966. The zero-order valence-electron chi connectivity index (χ0n) is 14.9. The molecule has 3 aromatic rings. The Morgan fingerprint density at radius 2 is 1.67 bits per heavy atom. The van der Waals surface area contributed by atoms with Crippen molar-refractivity contribution in [2.75, 3.05) is 0 Å². The van der Waals surface area contributed by atoms with E-state index in [2.05, 4.69) is 20.9 Å². The molecule has 0 saturated carbocycles. The number of para-hydroxylation sites is 1. The number of benzene rings is 1. The van der Waals surface area contributed by atoms with E-state index >= 15 is 0 Å². The molecule has 0 bridgehead atoms. The van der Waals surface area contributed by atoms with Crippen molar-refractivity contribution in [1.29, 1.82) is 0 Å². The van der Waals surface area contributed by atoms with Gasteiger partial charge in [-0.05, 0) is 30.2 Å². The Balaban J connectivity index is 1.80. The molecule has 0 aliphatic carbocycles. The van der Waals surface area contributed by atoms with Gasteiger partial charge in [-0.2, -0.15) is 5.10 Å². The van der Waals surface area contributed by atoms with Crippen LogP contribution in [0.15, 0.2) is 54.9 Å². The van der Waals surface area contributed by atoms with E-state index in [0.29, 0.717) is 17.1 Å². The van der Waals surface area contributed by atoms with E-state index in [4.69, 9.17) is 0 Å². The van der Waals surface area contributed by atoms with E-state index in [9.17, 15) is 14.7 Å². The molecule has 27 heavy (non-hydrogen) atoms. The molecule has 0 spiro atoms. The van der Waals surface area contributed by atoms with E-state index in [-0.39, 0.29) is 17.2 Å². The minimum absolute atomic E-state index is 0.0101. The SMILES string of the molecule is CC(C)c1c(C(=O)NNC(=O)c2ccccc2O)cnn1-c1ccccn1. The number of hydrogen-bond donors (Lipinski definition) is 3. The lowest BCUT2D eigenvalue weighted by atomic mass is 10.1. The molecule has 0 atom stereocenters. The molecule has 1 aromatic carbocycles. The first-order valence-electron chi connectivity index (χ1n) is 8.37. The number of phenolic OH excluding ortho intramolecular Hbond substituents is 1. The Kier molecular flexibility index (Phi) is 5.16. The van der Waals surface area contributed by atoms with Gasteiger partial charge in [0.2, 0.25) is 0 Å². The Hall–Kier alpha value is -3.68. The fraction of sp³-hybridized carbons (Fsp3) is 0.158. The number of carbonyl (C=O) groups is 2. The molecule has 2 aromatic heterocycles. The summed E-state index contributed by atoms with van der Waals surface area (Å²) in [5, 5.41) is 14.0. The molecule has 0 aliphatic rings. The third-order valence-electron chi connectivity index (χ3n) is 3.90. The second kappa shape index (κ2) is 7.69. The van der Waals surface area contributed by atoms with E-state index in [0.717, 1.165) is 0 Å². The van der Waals surface area contributed by atoms with Crippen molar-refractivity contribution in [2.45, 2.75) is 19.8 Å². The second-order valence-corrected chi connectivity index (χ2v) is 6.12. The van der Waals surface area contributed by atoms with Gasteiger partial charge in [-0.25, -0.2) is 9.67 Å². The van der Waals surface area contributed by atoms with Crippen LogP contribution in [0.1, 0.15) is 46.2 Å². The zero-order valence-corrected chi connectivity index (χ0v) is 14.9. The second-order valence-electron chi connectivity index (χ2n) is 6.12. The summed E-state index contributed by atoms with van der Waals surface area (Å²) in [5.74, 6) is -0.716. The number of rotatable bonds is 4. The molecule has 8 nitrogen and oxygen atoms in total. The minimum atomic E-state index is -0.621. The van der Waals surface area contributed by atoms with Crippen molar-refractivity contribution in [1.82, 2.24) is 25.6 Å². The van der Waals surface area contributed by atoms with Crippen LogP contribution in [0.4, 0.5) is 0 Å². The summed E-state index contributed by atoms with van der Waals surface area (Å²) in [6.07, 6.45) is 3.08. The van der Waals surface area contributed by atoms with Gasteiger partial charge < -0.3 is 5.11 Å². The van der Waals surface area contributed by atoms with Crippen molar-refractivity contribution in [2.24, 2.45) is 0 Å². The maximum Gasteiger partial charge on any atom is 0.273 e. The molecular formula is C19H19N5O3. The van der Waals surface area contributed by atoms with E-state index in [1.165, 1.54) is 18.3 Å². The third-order valence-corrected chi connectivity index (χ3v) is 3.90. The smallest absolute Gasteiger partial charge is 0.273 e. The lowest BCUT2D eigenvalue weighted by molar-refractivity contribution is 0.0844. The topological polar surface area (TPSA) is 109 Å². The predicted octanol–water partition coefficient (Wildman–Crippen LogP) is 2.17. The predicted molar refractivity (Wildman–Crippen MR) is 98.5 cm³/mol. The summed E-state index contributed by atoms with van der Waals surface area (Å²) in [6.45, 7) is 3.88. The highest BCUT2D eigenvalue weighted by atomic mass is 16.3. The average molecular weight is 365 g/mol. The number of hydrazine groups is 1. The van der Waals surface area contributed by atoms with Crippen LogP contribution >= 0.6 is 0 Å². The monoisotopic (exact) mass is 365 g/mol. The molecule has 0 aliphatic heterocycles. The van der Waals surface area contributed by atoms with Gasteiger partial charge in [-0.3, -0.25) is 20.4 Å². The largest absolute Gasteiger partial charge is 0.507 e. The standard InChI is InChI=1S/C19H19N5O3/c1-12(2)17-14(11-21-24(17)16-9-5-6-10-20-16)19(27)23-22-18(26)13-7-3-4-8-15(13)25/h3-12,25H,1-2H3,(H,22,26)(H,23,27). The molecule has 8 heteroatoms. The number of amides is 2. The molecule has 2 heterocycles. The molecule has 3 N–H and O–H groups in total. The summed E-state index contributed by atoms with van der Waals surface area (Å²) in [5.41, 5.74) is 5.72. The molecule has 0 unspecified atom stereocenters. The van der Waals surface area contributed by atoms with E-state index < -0.39 is 11.8 Å².